The van der Waals surface area contributed by atoms with E-state index in [0.717, 1.165) is 19.0 Å². The molecule has 16 heavy (non-hydrogen) atoms. The number of hydrogen-bond acceptors (Lipinski definition) is 2. The Morgan fingerprint density at radius 2 is 1.75 bits per heavy atom. The monoisotopic (exact) mass is 225 g/mol. The van der Waals surface area contributed by atoms with Gasteiger partial charge in [-0.3, -0.25) is 9.69 Å². The number of carbonyl (C=O) groups is 1. The highest BCUT2D eigenvalue weighted by Crippen LogP contribution is 2.34. The van der Waals surface area contributed by atoms with Crippen LogP contribution in [0.25, 0.3) is 0 Å². The number of ketones is 1. The lowest BCUT2D eigenvalue weighted by Crippen LogP contribution is -2.41. The highest BCUT2D eigenvalue weighted by atomic mass is 16.1. The van der Waals surface area contributed by atoms with E-state index in [-0.39, 0.29) is 5.92 Å². The van der Waals surface area contributed by atoms with Gasteiger partial charge in [0.25, 0.3) is 0 Å². The Morgan fingerprint density at radius 3 is 2.12 bits per heavy atom. The maximum absolute atomic E-state index is 11.6. The third kappa shape index (κ3) is 3.89. The van der Waals surface area contributed by atoms with Crippen LogP contribution in [0.5, 0.6) is 0 Å². The van der Waals surface area contributed by atoms with E-state index in [1.807, 2.05) is 13.8 Å². The molecule has 0 aromatic rings. The molecule has 0 aromatic heterocycles. The summed E-state index contributed by atoms with van der Waals surface area (Å²) in [5.41, 5.74) is 0.425. The lowest BCUT2D eigenvalue weighted by Gasteiger charge is -2.38. The summed E-state index contributed by atoms with van der Waals surface area (Å²) in [4.78, 5) is 14.0. The van der Waals surface area contributed by atoms with Crippen molar-refractivity contribution in [3.8, 4) is 0 Å². The maximum atomic E-state index is 11.6. The van der Waals surface area contributed by atoms with E-state index < -0.39 is 0 Å². The zero-order chi connectivity index (χ0) is 12.3. The number of piperidine rings is 1. The molecule has 1 rings (SSSR count). The number of nitrogens with zero attached hydrogens (tertiary/aromatic N) is 1. The molecule has 1 fully saturated rings. The first-order valence-electron chi connectivity index (χ1n) is 6.55. The molecule has 0 radical (unpaired) electrons. The standard InChI is InChI=1S/C14H27NO/c1-11(2)13(16)10-15-8-6-12(7-9-15)14(3,4)5/h11-12H,6-10H2,1-5H3. The predicted molar refractivity (Wildman–Crippen MR) is 68.5 cm³/mol. The highest BCUT2D eigenvalue weighted by molar-refractivity contribution is 5.82. The number of likely N-dealkylation sites (tertiary alicyclic amines) is 1. The zero-order valence-electron chi connectivity index (χ0n) is 11.5. The molecule has 0 N–H and O–H groups in total. The Morgan fingerprint density at radius 1 is 1.25 bits per heavy atom. The molecule has 0 spiro atoms. The van der Waals surface area contributed by atoms with Gasteiger partial charge in [0.05, 0.1) is 6.54 Å². The molecular weight excluding hydrogens is 198 g/mol. The van der Waals surface area contributed by atoms with Crippen molar-refractivity contribution in [2.24, 2.45) is 17.3 Å². The second-order valence-electron chi connectivity index (χ2n) is 6.54. The van der Waals surface area contributed by atoms with Crippen LogP contribution >= 0.6 is 0 Å². The fourth-order valence-electron chi connectivity index (χ4n) is 2.36. The molecule has 2 heteroatoms. The molecule has 0 unspecified atom stereocenters. The number of Topliss-reactive ketones (excluding diaryl/α,β-unsaturated/α-hetero) is 1. The molecule has 0 saturated carbocycles. The van der Waals surface area contributed by atoms with E-state index in [1.165, 1.54) is 12.8 Å². The summed E-state index contributed by atoms with van der Waals surface area (Å²) in [6.07, 6.45) is 2.49. The summed E-state index contributed by atoms with van der Waals surface area (Å²) >= 11 is 0. The van der Waals surface area contributed by atoms with Crippen LogP contribution in [-0.2, 0) is 4.79 Å². The van der Waals surface area contributed by atoms with Crippen molar-refractivity contribution in [1.82, 2.24) is 4.90 Å². The molecule has 0 aliphatic carbocycles. The molecule has 1 aliphatic heterocycles. The summed E-state index contributed by atoms with van der Waals surface area (Å²) in [5, 5.41) is 0. The van der Waals surface area contributed by atoms with Crippen LogP contribution in [0.1, 0.15) is 47.5 Å². The lowest BCUT2D eigenvalue weighted by atomic mass is 9.75. The first kappa shape index (κ1) is 13.7. The van der Waals surface area contributed by atoms with E-state index in [9.17, 15) is 4.79 Å². The minimum atomic E-state index is 0.181. The maximum Gasteiger partial charge on any atom is 0.149 e. The summed E-state index contributed by atoms with van der Waals surface area (Å²) in [6, 6.07) is 0. The number of rotatable bonds is 3. The molecule has 0 bridgehead atoms. The number of hydrogen-bond donors (Lipinski definition) is 0. The fourth-order valence-corrected chi connectivity index (χ4v) is 2.36. The van der Waals surface area contributed by atoms with Crippen molar-refractivity contribution in [3.05, 3.63) is 0 Å². The molecule has 0 amide bonds. The summed E-state index contributed by atoms with van der Waals surface area (Å²) in [6.45, 7) is 13.8. The summed E-state index contributed by atoms with van der Waals surface area (Å²) in [5.74, 6) is 1.38. The van der Waals surface area contributed by atoms with Crippen molar-refractivity contribution in [3.63, 3.8) is 0 Å². The molecule has 1 saturated heterocycles. The molecule has 0 aromatic carbocycles. The third-order valence-corrected chi connectivity index (χ3v) is 3.84. The fraction of sp³-hybridized carbons (Fsp3) is 0.929. The lowest BCUT2D eigenvalue weighted by molar-refractivity contribution is -0.123. The second-order valence-corrected chi connectivity index (χ2v) is 6.54. The molecular formula is C14H27NO. The average Bonchev–Trinajstić information content (AvgIpc) is 2.17. The van der Waals surface area contributed by atoms with Gasteiger partial charge in [-0.15, -0.1) is 0 Å². The van der Waals surface area contributed by atoms with Gasteiger partial charge in [-0.1, -0.05) is 34.6 Å². The normalized spacial score (nSPS) is 20.4. The average molecular weight is 225 g/mol. The van der Waals surface area contributed by atoms with Gasteiger partial charge in [-0.05, 0) is 37.3 Å². The Bertz CT molecular complexity index is 232. The molecule has 1 heterocycles. The SMILES string of the molecule is CC(C)C(=O)CN1CCC(C(C)(C)C)CC1. The molecule has 1 aliphatic rings. The second kappa shape index (κ2) is 5.31. The van der Waals surface area contributed by atoms with Crippen LogP contribution in [0, 0.1) is 17.3 Å². The zero-order valence-corrected chi connectivity index (χ0v) is 11.5. The molecule has 0 atom stereocenters. The summed E-state index contributed by atoms with van der Waals surface area (Å²) in [7, 11) is 0. The van der Waals surface area contributed by atoms with Crippen LogP contribution in [0.3, 0.4) is 0 Å². The predicted octanol–water partition coefficient (Wildman–Crippen LogP) is 2.97. The molecule has 2 nitrogen and oxygen atoms in total. The van der Waals surface area contributed by atoms with Crippen molar-refractivity contribution >= 4 is 5.78 Å². The van der Waals surface area contributed by atoms with Gasteiger partial charge in [0, 0.05) is 5.92 Å². The first-order chi connectivity index (χ1) is 7.30. The van der Waals surface area contributed by atoms with Gasteiger partial charge in [-0.25, -0.2) is 0 Å². The van der Waals surface area contributed by atoms with Gasteiger partial charge in [0.2, 0.25) is 0 Å². The largest absolute Gasteiger partial charge is 0.298 e. The number of carbonyl (C=O) groups excluding carboxylic acids is 1. The Labute approximate surface area is 100 Å². The van der Waals surface area contributed by atoms with Crippen LogP contribution in [0.4, 0.5) is 0 Å². The van der Waals surface area contributed by atoms with Gasteiger partial charge in [0.1, 0.15) is 5.78 Å². The van der Waals surface area contributed by atoms with Gasteiger partial charge in [-0.2, -0.15) is 0 Å². The van der Waals surface area contributed by atoms with E-state index >= 15 is 0 Å². The van der Waals surface area contributed by atoms with Crippen LogP contribution in [-0.4, -0.2) is 30.3 Å². The molecule has 94 valence electrons. The minimum Gasteiger partial charge on any atom is -0.298 e. The Hall–Kier alpha value is -0.370. The Balaban J connectivity index is 2.35. The van der Waals surface area contributed by atoms with Gasteiger partial charge in [0.15, 0.2) is 0 Å². The smallest absolute Gasteiger partial charge is 0.149 e. The van der Waals surface area contributed by atoms with Crippen molar-refractivity contribution in [1.29, 1.82) is 0 Å². The van der Waals surface area contributed by atoms with Crippen molar-refractivity contribution in [2.45, 2.75) is 47.5 Å². The quantitative estimate of drug-likeness (QED) is 0.736. The van der Waals surface area contributed by atoms with Crippen molar-refractivity contribution < 1.29 is 4.79 Å². The van der Waals surface area contributed by atoms with E-state index in [2.05, 4.69) is 25.7 Å². The van der Waals surface area contributed by atoms with Crippen LogP contribution < -0.4 is 0 Å². The van der Waals surface area contributed by atoms with E-state index in [0.29, 0.717) is 17.7 Å². The minimum absolute atomic E-state index is 0.181. The highest BCUT2D eigenvalue weighted by Gasteiger charge is 2.29. The van der Waals surface area contributed by atoms with Crippen molar-refractivity contribution in [2.75, 3.05) is 19.6 Å². The van der Waals surface area contributed by atoms with Gasteiger partial charge >= 0.3 is 0 Å². The topological polar surface area (TPSA) is 20.3 Å². The first-order valence-corrected chi connectivity index (χ1v) is 6.55. The van der Waals surface area contributed by atoms with E-state index in [4.69, 9.17) is 0 Å². The van der Waals surface area contributed by atoms with E-state index in [1.54, 1.807) is 0 Å². The van der Waals surface area contributed by atoms with Crippen LogP contribution in [0.15, 0.2) is 0 Å². The third-order valence-electron chi connectivity index (χ3n) is 3.84. The van der Waals surface area contributed by atoms with Crippen LogP contribution in [0.2, 0.25) is 0 Å². The summed E-state index contributed by atoms with van der Waals surface area (Å²) < 4.78 is 0. The Kier molecular flexibility index (Phi) is 4.54. The van der Waals surface area contributed by atoms with Gasteiger partial charge < -0.3 is 0 Å².